The predicted molar refractivity (Wildman–Crippen MR) is 63.7 cm³/mol. The number of aromatic carboxylic acids is 1. The third-order valence-corrected chi connectivity index (χ3v) is 2.22. The van der Waals surface area contributed by atoms with Crippen molar-refractivity contribution in [2.75, 3.05) is 5.32 Å². The van der Waals surface area contributed by atoms with E-state index in [1.165, 1.54) is 18.3 Å². The summed E-state index contributed by atoms with van der Waals surface area (Å²) in [6, 6.07) is 7.83. The summed E-state index contributed by atoms with van der Waals surface area (Å²) >= 11 is 5.71. The molecule has 0 saturated carbocycles. The molecule has 1 aromatic carbocycles. The Morgan fingerprint density at radius 1 is 1.24 bits per heavy atom. The molecule has 6 heteroatoms. The lowest BCUT2D eigenvalue weighted by Crippen LogP contribution is -1.98. The van der Waals surface area contributed by atoms with Gasteiger partial charge in [0.15, 0.2) is 0 Å². The lowest BCUT2D eigenvalue weighted by atomic mass is 10.2. The maximum atomic E-state index is 10.7. The van der Waals surface area contributed by atoms with Crippen molar-refractivity contribution < 1.29 is 9.90 Å². The van der Waals surface area contributed by atoms with Gasteiger partial charge < -0.3 is 10.4 Å². The van der Waals surface area contributed by atoms with Gasteiger partial charge in [-0.05, 0) is 30.3 Å². The van der Waals surface area contributed by atoms with Crippen molar-refractivity contribution in [1.82, 2.24) is 9.97 Å². The molecule has 0 aliphatic heterocycles. The molecule has 0 atom stereocenters. The van der Waals surface area contributed by atoms with Crippen molar-refractivity contribution in [2.24, 2.45) is 0 Å². The normalized spacial score (nSPS) is 9.94. The minimum atomic E-state index is -0.962. The molecule has 0 amide bonds. The van der Waals surface area contributed by atoms with Gasteiger partial charge in [-0.3, -0.25) is 0 Å². The fourth-order valence-electron chi connectivity index (χ4n) is 1.22. The average Bonchev–Trinajstić information content (AvgIpc) is 2.29. The third-order valence-electron chi connectivity index (χ3n) is 2.01. The highest BCUT2D eigenvalue weighted by Gasteiger charge is 2.02. The van der Waals surface area contributed by atoms with Crippen molar-refractivity contribution in [1.29, 1.82) is 0 Å². The number of nitrogens with one attached hydrogen (secondary N) is 1. The molecule has 1 heterocycles. The number of benzene rings is 1. The zero-order valence-electron chi connectivity index (χ0n) is 8.59. The Kier molecular flexibility index (Phi) is 3.20. The number of nitrogens with zero attached hydrogens (tertiary/aromatic N) is 2. The topological polar surface area (TPSA) is 75.1 Å². The molecule has 0 fully saturated rings. The molecular formula is C11H8ClN3O2. The molecule has 86 valence electrons. The van der Waals surface area contributed by atoms with Gasteiger partial charge in [0.05, 0.1) is 5.56 Å². The number of hydrogen-bond acceptors (Lipinski definition) is 4. The second-order valence-corrected chi connectivity index (χ2v) is 3.60. The van der Waals surface area contributed by atoms with Gasteiger partial charge in [-0.1, -0.05) is 11.6 Å². The van der Waals surface area contributed by atoms with Crippen LogP contribution in [0.3, 0.4) is 0 Å². The van der Waals surface area contributed by atoms with Crippen LogP contribution in [0.15, 0.2) is 36.5 Å². The van der Waals surface area contributed by atoms with Crippen LogP contribution >= 0.6 is 11.6 Å². The zero-order chi connectivity index (χ0) is 12.3. The Labute approximate surface area is 102 Å². The Balaban J connectivity index is 2.16. The van der Waals surface area contributed by atoms with Crippen molar-refractivity contribution in [3.63, 3.8) is 0 Å². The maximum Gasteiger partial charge on any atom is 0.335 e. The molecule has 2 aromatic rings. The molecule has 0 bridgehead atoms. The number of hydrogen-bond donors (Lipinski definition) is 2. The predicted octanol–water partition coefficient (Wildman–Crippen LogP) is 2.57. The van der Waals surface area contributed by atoms with Gasteiger partial charge in [0.2, 0.25) is 5.95 Å². The Morgan fingerprint density at radius 2 is 1.94 bits per heavy atom. The lowest BCUT2D eigenvalue weighted by Gasteiger charge is -2.04. The van der Waals surface area contributed by atoms with Crippen molar-refractivity contribution >= 4 is 29.2 Å². The zero-order valence-corrected chi connectivity index (χ0v) is 9.35. The number of carboxylic acids is 1. The van der Waals surface area contributed by atoms with Crippen LogP contribution < -0.4 is 5.32 Å². The van der Waals surface area contributed by atoms with Crippen molar-refractivity contribution in [3.05, 3.63) is 47.2 Å². The third kappa shape index (κ3) is 2.92. The number of rotatable bonds is 3. The van der Waals surface area contributed by atoms with Crippen LogP contribution in [0.4, 0.5) is 11.6 Å². The molecule has 0 aliphatic carbocycles. The summed E-state index contributed by atoms with van der Waals surface area (Å²) in [5.41, 5.74) is 0.917. The van der Waals surface area contributed by atoms with Gasteiger partial charge in [-0.2, -0.15) is 0 Å². The fourth-order valence-corrected chi connectivity index (χ4v) is 1.36. The van der Waals surface area contributed by atoms with Gasteiger partial charge in [-0.15, -0.1) is 0 Å². The monoisotopic (exact) mass is 249 g/mol. The highest BCUT2D eigenvalue weighted by Crippen LogP contribution is 2.15. The van der Waals surface area contributed by atoms with Crippen molar-refractivity contribution in [3.8, 4) is 0 Å². The number of carbonyl (C=O) groups is 1. The van der Waals surface area contributed by atoms with Crippen LogP contribution in [-0.4, -0.2) is 21.0 Å². The number of aromatic nitrogens is 2. The minimum Gasteiger partial charge on any atom is -0.478 e. The van der Waals surface area contributed by atoms with Gasteiger partial charge in [0.1, 0.15) is 5.15 Å². The van der Waals surface area contributed by atoms with Gasteiger partial charge in [-0.25, -0.2) is 14.8 Å². The van der Waals surface area contributed by atoms with E-state index >= 15 is 0 Å². The number of carboxylic acid groups (broad SMARTS) is 1. The number of halogens is 1. The Hall–Kier alpha value is -2.14. The van der Waals surface area contributed by atoms with Gasteiger partial charge in [0.25, 0.3) is 0 Å². The molecule has 0 unspecified atom stereocenters. The average molecular weight is 250 g/mol. The van der Waals surface area contributed by atoms with Gasteiger partial charge >= 0.3 is 5.97 Å². The van der Waals surface area contributed by atoms with Crippen LogP contribution in [0, 0.1) is 0 Å². The van der Waals surface area contributed by atoms with Crippen LogP contribution in [0.5, 0.6) is 0 Å². The molecule has 0 saturated heterocycles. The van der Waals surface area contributed by atoms with E-state index in [0.29, 0.717) is 16.8 Å². The summed E-state index contributed by atoms with van der Waals surface area (Å²) in [5.74, 6) is -0.601. The van der Waals surface area contributed by atoms with E-state index in [2.05, 4.69) is 15.3 Å². The number of anilines is 2. The summed E-state index contributed by atoms with van der Waals surface area (Å²) in [6.07, 6.45) is 1.53. The van der Waals surface area contributed by atoms with E-state index in [1.54, 1.807) is 18.2 Å². The molecule has 17 heavy (non-hydrogen) atoms. The van der Waals surface area contributed by atoms with Crippen LogP contribution in [0.2, 0.25) is 5.15 Å². The Bertz CT molecular complexity index is 543. The van der Waals surface area contributed by atoms with Crippen LogP contribution in [0.1, 0.15) is 10.4 Å². The Morgan fingerprint density at radius 3 is 2.53 bits per heavy atom. The second kappa shape index (κ2) is 4.80. The van der Waals surface area contributed by atoms with Gasteiger partial charge in [0, 0.05) is 11.9 Å². The summed E-state index contributed by atoms with van der Waals surface area (Å²) in [5, 5.41) is 12.0. The van der Waals surface area contributed by atoms with Crippen molar-refractivity contribution in [2.45, 2.75) is 0 Å². The highest BCUT2D eigenvalue weighted by molar-refractivity contribution is 6.29. The molecule has 2 N–H and O–H groups in total. The first-order valence-corrected chi connectivity index (χ1v) is 5.12. The second-order valence-electron chi connectivity index (χ2n) is 3.21. The molecule has 0 aliphatic rings. The quantitative estimate of drug-likeness (QED) is 0.818. The SMILES string of the molecule is O=C(O)c1ccc(Nc2nccc(Cl)n2)cc1. The van der Waals surface area contributed by atoms with E-state index in [0.717, 1.165) is 0 Å². The smallest absolute Gasteiger partial charge is 0.335 e. The first kappa shape index (κ1) is 11.3. The molecule has 0 radical (unpaired) electrons. The molecular weight excluding hydrogens is 242 g/mol. The van der Waals surface area contributed by atoms with Crippen LogP contribution in [-0.2, 0) is 0 Å². The summed E-state index contributed by atoms with van der Waals surface area (Å²) < 4.78 is 0. The van der Waals surface area contributed by atoms with E-state index in [-0.39, 0.29) is 5.56 Å². The largest absolute Gasteiger partial charge is 0.478 e. The van der Waals surface area contributed by atoms with E-state index < -0.39 is 5.97 Å². The summed E-state index contributed by atoms with van der Waals surface area (Å²) in [6.45, 7) is 0. The van der Waals surface area contributed by atoms with Crippen LogP contribution in [0.25, 0.3) is 0 Å². The minimum absolute atomic E-state index is 0.225. The first-order chi connectivity index (χ1) is 8.15. The molecule has 0 spiro atoms. The highest BCUT2D eigenvalue weighted by atomic mass is 35.5. The summed E-state index contributed by atoms with van der Waals surface area (Å²) in [7, 11) is 0. The van der Waals surface area contributed by atoms with E-state index in [1.807, 2.05) is 0 Å². The molecule has 2 rings (SSSR count). The standard InChI is InChI=1S/C11H8ClN3O2/c12-9-5-6-13-11(15-9)14-8-3-1-7(2-4-8)10(16)17/h1-6H,(H,16,17)(H,13,14,15). The first-order valence-electron chi connectivity index (χ1n) is 4.74. The summed E-state index contributed by atoms with van der Waals surface area (Å²) in [4.78, 5) is 18.6. The maximum absolute atomic E-state index is 10.7. The molecule has 1 aromatic heterocycles. The lowest BCUT2D eigenvalue weighted by molar-refractivity contribution is 0.0697. The fraction of sp³-hybridized carbons (Fsp3) is 0. The molecule has 5 nitrogen and oxygen atoms in total. The van der Waals surface area contributed by atoms with E-state index in [9.17, 15) is 4.79 Å². The van der Waals surface area contributed by atoms with E-state index in [4.69, 9.17) is 16.7 Å².